The van der Waals surface area contributed by atoms with Gasteiger partial charge in [0, 0.05) is 17.0 Å². The summed E-state index contributed by atoms with van der Waals surface area (Å²) in [5.41, 5.74) is 12.2. The van der Waals surface area contributed by atoms with Gasteiger partial charge in [-0.3, -0.25) is 4.79 Å². The number of benzene rings is 2. The Kier molecular flexibility index (Phi) is 13.5. The van der Waals surface area contributed by atoms with E-state index >= 15 is 0 Å². The van der Waals surface area contributed by atoms with E-state index in [0.29, 0.717) is 24.1 Å². The molecule has 0 bridgehead atoms. The van der Waals surface area contributed by atoms with Crippen LogP contribution in [0.1, 0.15) is 95.5 Å². The quantitative estimate of drug-likeness (QED) is 0.113. The molecule has 0 aliphatic carbocycles. The van der Waals surface area contributed by atoms with Crippen LogP contribution in [0.25, 0.3) is 0 Å². The summed E-state index contributed by atoms with van der Waals surface area (Å²) in [6, 6.07) is 16.7. The van der Waals surface area contributed by atoms with Crippen molar-refractivity contribution in [3.63, 3.8) is 0 Å². The highest BCUT2D eigenvalue weighted by Gasteiger charge is 2.35. The van der Waals surface area contributed by atoms with E-state index in [-0.39, 0.29) is 5.12 Å². The molecule has 2 aromatic carbocycles. The van der Waals surface area contributed by atoms with Crippen LogP contribution in [0.15, 0.2) is 59.5 Å². The molecule has 0 fully saturated rings. The fourth-order valence-electron chi connectivity index (χ4n) is 4.30. The number of hydrogen-bond donors (Lipinski definition) is 3. The summed E-state index contributed by atoms with van der Waals surface area (Å²) in [4.78, 5) is 24.7. The number of nitrogen functional groups attached to an aromatic ring is 1. The molecule has 2 rings (SSSR count). The monoisotopic (exact) mass is 498 g/mol. The van der Waals surface area contributed by atoms with E-state index in [1.165, 1.54) is 56.7 Å². The molecule has 1 atom stereocenters. The van der Waals surface area contributed by atoms with Crippen molar-refractivity contribution in [3.8, 4) is 0 Å². The van der Waals surface area contributed by atoms with E-state index in [1.54, 1.807) is 12.1 Å². The van der Waals surface area contributed by atoms with Gasteiger partial charge in [-0.05, 0) is 42.3 Å². The summed E-state index contributed by atoms with van der Waals surface area (Å²) < 4.78 is 0. The number of thioether (sulfide) groups is 1. The van der Waals surface area contributed by atoms with Crippen molar-refractivity contribution in [1.82, 2.24) is 0 Å². The summed E-state index contributed by atoms with van der Waals surface area (Å²) in [5, 5.41) is 9.82. The normalized spacial score (nSPS) is 12.8. The minimum atomic E-state index is -1.29. The molecule has 192 valence electrons. The van der Waals surface area contributed by atoms with Crippen molar-refractivity contribution in [2.24, 2.45) is 5.73 Å². The Hall–Kier alpha value is -2.31. The van der Waals surface area contributed by atoms with Gasteiger partial charge in [0.2, 0.25) is 0 Å². The van der Waals surface area contributed by atoms with Gasteiger partial charge in [0.15, 0.2) is 5.12 Å². The molecule has 1 unspecified atom stereocenters. The fraction of sp³-hybridized carbons (Fsp3) is 0.517. The van der Waals surface area contributed by atoms with Gasteiger partial charge in [-0.15, -0.1) is 0 Å². The van der Waals surface area contributed by atoms with E-state index in [0.717, 1.165) is 37.0 Å². The van der Waals surface area contributed by atoms with Crippen molar-refractivity contribution < 1.29 is 14.7 Å². The molecular weight excluding hydrogens is 456 g/mol. The molecule has 35 heavy (non-hydrogen) atoms. The Labute approximate surface area is 215 Å². The summed E-state index contributed by atoms with van der Waals surface area (Å²) in [7, 11) is 0. The van der Waals surface area contributed by atoms with Crippen LogP contribution in [0.2, 0.25) is 0 Å². The van der Waals surface area contributed by atoms with Gasteiger partial charge < -0.3 is 16.6 Å². The van der Waals surface area contributed by atoms with Crippen LogP contribution in [-0.4, -0.2) is 16.2 Å². The largest absolute Gasteiger partial charge is 0.480 e. The lowest BCUT2D eigenvalue weighted by Crippen LogP contribution is -2.44. The molecule has 0 spiro atoms. The van der Waals surface area contributed by atoms with E-state index in [1.807, 2.05) is 42.5 Å². The molecule has 0 radical (unpaired) electrons. The lowest BCUT2D eigenvalue weighted by molar-refractivity contribution is -0.144. The van der Waals surface area contributed by atoms with Gasteiger partial charge in [0.05, 0.1) is 0 Å². The Morgan fingerprint density at radius 3 is 1.74 bits per heavy atom. The smallest absolute Gasteiger partial charge is 0.328 e. The standard InChI is InChI=1S/C29H42N2O3S/c30-25-20-15-16-21-26(25)35-27(32)22-14-9-7-5-3-1-2-4-6-8-10-17-23-29(31,28(33)34)24-18-12-11-13-19-24/h11-13,15-16,18-21H,1-10,14,17,22-23,30-31H2,(H,33,34). The number of carboxylic acid groups (broad SMARTS) is 1. The molecule has 6 heteroatoms. The number of carboxylic acids is 1. The first-order valence-corrected chi connectivity index (χ1v) is 13.9. The average molecular weight is 499 g/mol. The van der Waals surface area contributed by atoms with Crippen LogP contribution in [0.5, 0.6) is 0 Å². The van der Waals surface area contributed by atoms with E-state index in [4.69, 9.17) is 11.5 Å². The number of aliphatic carboxylic acids is 1. The predicted octanol–water partition coefficient (Wildman–Crippen LogP) is 7.29. The van der Waals surface area contributed by atoms with Crippen LogP contribution in [-0.2, 0) is 15.1 Å². The zero-order valence-corrected chi connectivity index (χ0v) is 21.7. The van der Waals surface area contributed by atoms with E-state index < -0.39 is 11.5 Å². The highest BCUT2D eigenvalue weighted by Crippen LogP contribution is 2.27. The molecule has 2 aromatic rings. The van der Waals surface area contributed by atoms with E-state index in [2.05, 4.69) is 0 Å². The minimum absolute atomic E-state index is 0.197. The summed E-state index contributed by atoms with van der Waals surface area (Å²) in [6.07, 6.45) is 14.8. The van der Waals surface area contributed by atoms with Gasteiger partial charge in [0.1, 0.15) is 5.54 Å². The third-order valence-electron chi connectivity index (χ3n) is 6.52. The minimum Gasteiger partial charge on any atom is -0.480 e. The van der Waals surface area contributed by atoms with Crippen LogP contribution < -0.4 is 11.5 Å². The molecule has 0 heterocycles. The number of carbonyl (C=O) groups is 2. The highest BCUT2D eigenvalue weighted by molar-refractivity contribution is 8.13. The molecule has 0 aromatic heterocycles. The zero-order valence-electron chi connectivity index (χ0n) is 20.9. The highest BCUT2D eigenvalue weighted by atomic mass is 32.2. The molecule has 0 aliphatic rings. The second kappa shape index (κ2) is 16.4. The third kappa shape index (κ3) is 10.9. The number of carbonyl (C=O) groups excluding carboxylic acids is 1. The van der Waals surface area contributed by atoms with Crippen molar-refractivity contribution >= 4 is 28.5 Å². The molecule has 0 saturated heterocycles. The maximum absolute atomic E-state index is 12.1. The first-order chi connectivity index (χ1) is 16.9. The summed E-state index contributed by atoms with van der Waals surface area (Å²) in [6.45, 7) is 0. The van der Waals surface area contributed by atoms with Crippen LogP contribution >= 0.6 is 11.8 Å². The lowest BCUT2D eigenvalue weighted by atomic mass is 9.85. The SMILES string of the molecule is Nc1ccccc1SC(=O)CCCCCCCCCCCCCCC(N)(C(=O)O)c1ccccc1. The van der Waals surface area contributed by atoms with Gasteiger partial charge in [0.25, 0.3) is 0 Å². The fourth-order valence-corrected chi connectivity index (χ4v) is 5.12. The van der Waals surface area contributed by atoms with Crippen LogP contribution in [0, 0.1) is 0 Å². The number of anilines is 1. The molecular formula is C29H42N2O3S. The van der Waals surface area contributed by atoms with Crippen molar-refractivity contribution in [2.45, 2.75) is 100 Å². The van der Waals surface area contributed by atoms with Gasteiger partial charge in [-0.2, -0.15) is 0 Å². The lowest BCUT2D eigenvalue weighted by Gasteiger charge is -2.25. The van der Waals surface area contributed by atoms with Crippen molar-refractivity contribution in [2.75, 3.05) is 5.73 Å². The molecule has 0 aliphatic heterocycles. The Balaban J connectivity index is 1.41. The van der Waals surface area contributed by atoms with Gasteiger partial charge in [-0.1, -0.05) is 113 Å². The maximum Gasteiger partial charge on any atom is 0.328 e. The van der Waals surface area contributed by atoms with Crippen LogP contribution in [0.3, 0.4) is 0 Å². The van der Waals surface area contributed by atoms with Crippen LogP contribution in [0.4, 0.5) is 5.69 Å². The van der Waals surface area contributed by atoms with Gasteiger partial charge in [-0.25, -0.2) is 4.79 Å². The second-order valence-electron chi connectivity index (χ2n) is 9.40. The Morgan fingerprint density at radius 1 is 0.714 bits per heavy atom. The number of nitrogens with two attached hydrogens (primary N) is 2. The Morgan fingerprint density at radius 2 is 1.20 bits per heavy atom. The topological polar surface area (TPSA) is 106 Å². The molecule has 0 saturated carbocycles. The number of unbranched alkanes of at least 4 members (excludes halogenated alkanes) is 11. The Bertz CT molecular complexity index is 891. The average Bonchev–Trinajstić information content (AvgIpc) is 2.86. The number of para-hydroxylation sites is 1. The van der Waals surface area contributed by atoms with Crippen molar-refractivity contribution in [1.29, 1.82) is 0 Å². The first kappa shape index (κ1) is 28.9. The maximum atomic E-state index is 12.1. The number of hydrogen-bond acceptors (Lipinski definition) is 5. The third-order valence-corrected chi connectivity index (χ3v) is 7.54. The molecule has 5 nitrogen and oxygen atoms in total. The number of rotatable bonds is 18. The molecule has 5 N–H and O–H groups in total. The zero-order chi connectivity index (χ0) is 25.4. The summed E-state index contributed by atoms with van der Waals surface area (Å²) >= 11 is 1.26. The van der Waals surface area contributed by atoms with Crippen molar-refractivity contribution in [3.05, 3.63) is 60.2 Å². The molecule has 0 amide bonds. The van der Waals surface area contributed by atoms with E-state index in [9.17, 15) is 14.7 Å². The summed E-state index contributed by atoms with van der Waals surface area (Å²) in [5.74, 6) is -0.952. The first-order valence-electron chi connectivity index (χ1n) is 13.1. The second-order valence-corrected chi connectivity index (χ2v) is 10.5. The van der Waals surface area contributed by atoms with Gasteiger partial charge >= 0.3 is 5.97 Å². The predicted molar refractivity (Wildman–Crippen MR) is 146 cm³/mol.